The number of aliphatic imine (C=N–C) groups is 1. The minimum atomic E-state index is -1.39. The molecule has 2 aromatic carbocycles. The first-order chi connectivity index (χ1) is 27.4. The van der Waals surface area contributed by atoms with Gasteiger partial charge in [-0.3, -0.25) is 49.2 Å². The maximum atomic E-state index is 13.9. The molecule has 4 aromatic rings. The average molecular weight is 813 g/mol. The van der Waals surface area contributed by atoms with Gasteiger partial charge in [-0.2, -0.15) is 0 Å². The van der Waals surface area contributed by atoms with E-state index in [0.29, 0.717) is 54.1 Å². The fourth-order valence-corrected chi connectivity index (χ4v) is 9.21. The number of aromatic nitrogens is 3. The molecule has 0 spiro atoms. The van der Waals surface area contributed by atoms with Gasteiger partial charge in [0.1, 0.15) is 22.9 Å². The second-order valence-corrected chi connectivity index (χ2v) is 16.1. The number of benzene rings is 2. The number of rotatable bonds is 9. The maximum absolute atomic E-state index is 13.9. The highest BCUT2D eigenvalue weighted by molar-refractivity contribution is 7.15. The van der Waals surface area contributed by atoms with Crippen molar-refractivity contribution in [2.75, 3.05) is 38.0 Å². The largest absolute Gasteiger partial charge is 0.384 e. The van der Waals surface area contributed by atoms with Gasteiger partial charge in [-0.05, 0) is 57.0 Å². The van der Waals surface area contributed by atoms with Gasteiger partial charge < -0.3 is 15.3 Å². The third kappa shape index (κ3) is 7.20. The highest BCUT2D eigenvalue weighted by Crippen LogP contribution is 2.41. The molecule has 18 heteroatoms. The van der Waals surface area contributed by atoms with E-state index in [1.54, 1.807) is 39.4 Å². The van der Waals surface area contributed by atoms with Crippen molar-refractivity contribution in [1.82, 2.24) is 40.3 Å². The Bertz CT molecular complexity index is 2330. The summed E-state index contributed by atoms with van der Waals surface area (Å²) in [6.07, 6.45) is -1.03. The topological polar surface area (TPSA) is 194 Å². The number of anilines is 1. The van der Waals surface area contributed by atoms with Gasteiger partial charge >= 0.3 is 0 Å². The van der Waals surface area contributed by atoms with Gasteiger partial charge in [0.15, 0.2) is 12.1 Å². The Labute approximate surface area is 336 Å². The van der Waals surface area contributed by atoms with Gasteiger partial charge in [0, 0.05) is 83.4 Å². The Kier molecular flexibility index (Phi) is 10.4. The molecule has 0 saturated carbocycles. The molecule has 8 rings (SSSR count). The van der Waals surface area contributed by atoms with Crippen molar-refractivity contribution in [1.29, 1.82) is 0 Å². The summed E-state index contributed by atoms with van der Waals surface area (Å²) in [6, 6.07) is 10.9. The standard InChI is InChI=1S/C39H41ClN10O6S/c1-20-21(2)57-39-32(20)34(23-7-9-24(40)10-8-23)42-27(35-45-44-22(3)49(35)39)19-31(53)47-15-17-48(18-16-47)46-30(52)13-14-41-26-6-4-5-25-33(26)38(56)50(37(25)55)28-11-12-29(51)43-36(28)54/h4-10,27-28,38,41,56H,11-19H2,1-3H3,(H,46,52)(H,43,51,54)/t27-,28-,38?/m0/s1. The number of aliphatic hydroxyl groups is 1. The van der Waals surface area contributed by atoms with E-state index in [4.69, 9.17) is 16.6 Å². The first kappa shape index (κ1) is 38.4. The first-order valence-electron chi connectivity index (χ1n) is 18.8. The number of piperazine rings is 1. The third-order valence-corrected chi connectivity index (χ3v) is 12.4. The number of nitrogens with one attached hydrogen (secondary N) is 3. The van der Waals surface area contributed by atoms with E-state index < -0.39 is 36.0 Å². The van der Waals surface area contributed by atoms with Crippen LogP contribution < -0.4 is 16.1 Å². The van der Waals surface area contributed by atoms with Gasteiger partial charge in [-0.1, -0.05) is 29.8 Å². The molecule has 5 amide bonds. The van der Waals surface area contributed by atoms with E-state index in [1.807, 2.05) is 35.8 Å². The van der Waals surface area contributed by atoms with Crippen LogP contribution in [0.15, 0.2) is 47.5 Å². The lowest BCUT2D eigenvalue weighted by atomic mass is 9.99. The van der Waals surface area contributed by atoms with Crippen LogP contribution in [0.1, 0.15) is 87.1 Å². The maximum Gasteiger partial charge on any atom is 0.257 e. The van der Waals surface area contributed by atoms with Crippen molar-refractivity contribution in [3.05, 3.63) is 91.8 Å². The Morgan fingerprint density at radius 2 is 1.77 bits per heavy atom. The third-order valence-electron chi connectivity index (χ3n) is 10.9. The summed E-state index contributed by atoms with van der Waals surface area (Å²) in [7, 11) is 0. The average Bonchev–Trinajstić information content (AvgIpc) is 3.76. The highest BCUT2D eigenvalue weighted by Gasteiger charge is 2.45. The number of hydrogen-bond acceptors (Lipinski definition) is 12. The zero-order chi connectivity index (χ0) is 40.1. The van der Waals surface area contributed by atoms with Gasteiger partial charge in [0.05, 0.1) is 12.1 Å². The lowest BCUT2D eigenvalue weighted by molar-refractivity contribution is -0.140. The van der Waals surface area contributed by atoms with Crippen molar-refractivity contribution < 1.29 is 29.1 Å². The van der Waals surface area contributed by atoms with Crippen molar-refractivity contribution >= 4 is 63.9 Å². The van der Waals surface area contributed by atoms with Crippen LogP contribution in [0.2, 0.25) is 5.02 Å². The number of halogens is 1. The summed E-state index contributed by atoms with van der Waals surface area (Å²) in [6.45, 7) is 7.93. The zero-order valence-electron chi connectivity index (χ0n) is 31.5. The van der Waals surface area contributed by atoms with Gasteiger partial charge in [-0.25, -0.2) is 5.01 Å². The molecule has 4 N–H and O–H groups in total. The van der Waals surface area contributed by atoms with Crippen LogP contribution in [0, 0.1) is 20.8 Å². The Morgan fingerprint density at radius 3 is 2.51 bits per heavy atom. The number of carbonyl (C=O) groups excluding carboxylic acids is 5. The van der Waals surface area contributed by atoms with E-state index in [-0.39, 0.29) is 49.6 Å². The predicted octanol–water partition coefficient (Wildman–Crippen LogP) is 3.12. The van der Waals surface area contributed by atoms with Crippen molar-refractivity contribution in [3.8, 4) is 5.00 Å². The molecule has 2 aromatic heterocycles. The van der Waals surface area contributed by atoms with E-state index in [2.05, 4.69) is 40.1 Å². The molecular weight excluding hydrogens is 772 g/mol. The van der Waals surface area contributed by atoms with Gasteiger partial charge in [0.2, 0.25) is 23.6 Å². The molecular formula is C39H41ClN10O6S. The van der Waals surface area contributed by atoms with Gasteiger partial charge in [-0.15, -0.1) is 21.5 Å². The number of carbonyl (C=O) groups is 5. The van der Waals surface area contributed by atoms with Crippen molar-refractivity contribution in [2.45, 2.75) is 64.8 Å². The lowest BCUT2D eigenvalue weighted by Crippen LogP contribution is -2.55. The minimum absolute atomic E-state index is 0.0674. The summed E-state index contributed by atoms with van der Waals surface area (Å²) in [4.78, 5) is 73.5. The minimum Gasteiger partial charge on any atom is -0.384 e. The smallest absolute Gasteiger partial charge is 0.257 e. The number of thiophene rings is 1. The van der Waals surface area contributed by atoms with Gasteiger partial charge in [0.25, 0.3) is 5.91 Å². The van der Waals surface area contributed by atoms with E-state index in [0.717, 1.165) is 37.2 Å². The SMILES string of the molecule is Cc1sc2c(c1C)C(c1ccc(Cl)cc1)=N[C@@H](CC(=O)N1CCN(NC(=O)CCNc3cccc4c3C(O)N([C@H]3CCC(=O)NC3=O)C4=O)CC1)c1nnc(C)n1-2. The lowest BCUT2D eigenvalue weighted by Gasteiger charge is -2.35. The summed E-state index contributed by atoms with van der Waals surface area (Å²) < 4.78 is 2.02. The Morgan fingerprint density at radius 1 is 1.02 bits per heavy atom. The van der Waals surface area contributed by atoms with E-state index >= 15 is 0 Å². The number of piperidine rings is 1. The molecule has 1 unspecified atom stereocenters. The number of nitrogens with zero attached hydrogens (tertiary/aromatic N) is 7. The van der Waals surface area contributed by atoms with Crippen LogP contribution in [0.25, 0.3) is 5.00 Å². The number of amides is 5. The second kappa shape index (κ2) is 15.5. The van der Waals surface area contributed by atoms with E-state index in [9.17, 15) is 29.1 Å². The van der Waals surface area contributed by atoms with Crippen LogP contribution in [0.5, 0.6) is 0 Å². The molecule has 0 aliphatic carbocycles. The molecule has 16 nitrogen and oxygen atoms in total. The van der Waals surface area contributed by atoms with Crippen LogP contribution >= 0.6 is 22.9 Å². The molecule has 4 aliphatic heterocycles. The van der Waals surface area contributed by atoms with Crippen LogP contribution in [-0.2, 0) is 19.2 Å². The summed E-state index contributed by atoms with van der Waals surface area (Å²) in [5.74, 6) is -0.534. The second-order valence-electron chi connectivity index (χ2n) is 14.5. The number of hydrazine groups is 1. The first-order valence-corrected chi connectivity index (χ1v) is 20.0. The fraction of sp³-hybridized carbons (Fsp3) is 0.385. The van der Waals surface area contributed by atoms with Crippen LogP contribution in [-0.4, -0.2) is 109 Å². The molecule has 4 aliphatic rings. The zero-order valence-corrected chi connectivity index (χ0v) is 33.1. The summed E-state index contributed by atoms with van der Waals surface area (Å²) in [5.41, 5.74) is 7.75. The monoisotopic (exact) mass is 812 g/mol. The van der Waals surface area contributed by atoms with Crippen LogP contribution in [0.4, 0.5) is 5.69 Å². The fourth-order valence-electron chi connectivity index (χ4n) is 7.87. The number of hydrogen-bond donors (Lipinski definition) is 4. The number of fused-ring (bicyclic) bond motifs is 4. The van der Waals surface area contributed by atoms with E-state index in [1.165, 1.54) is 0 Å². The number of aliphatic hydroxyl groups excluding tert-OH is 1. The normalized spacial score (nSPS) is 20.7. The summed E-state index contributed by atoms with van der Waals surface area (Å²) in [5, 5.41) is 28.8. The number of imide groups is 1. The number of aryl methyl sites for hydroxylation is 2. The predicted molar refractivity (Wildman–Crippen MR) is 211 cm³/mol. The molecule has 0 bridgehead atoms. The Hall–Kier alpha value is -5.49. The van der Waals surface area contributed by atoms with Crippen molar-refractivity contribution in [3.63, 3.8) is 0 Å². The highest BCUT2D eigenvalue weighted by atomic mass is 35.5. The molecule has 6 heterocycles. The molecule has 296 valence electrons. The van der Waals surface area contributed by atoms with Crippen LogP contribution in [0.3, 0.4) is 0 Å². The Balaban J connectivity index is 0.874. The molecule has 0 radical (unpaired) electrons. The molecule has 2 saturated heterocycles. The summed E-state index contributed by atoms with van der Waals surface area (Å²) >= 11 is 7.90. The van der Waals surface area contributed by atoms with Crippen molar-refractivity contribution in [2.24, 2.45) is 4.99 Å². The quantitative estimate of drug-likeness (QED) is 0.183. The molecule has 57 heavy (non-hydrogen) atoms. The molecule has 2 fully saturated rings. The molecule has 3 atom stereocenters.